The van der Waals surface area contributed by atoms with Crippen molar-refractivity contribution in [2.24, 2.45) is 0 Å². The molecule has 0 atom stereocenters. The van der Waals surface area contributed by atoms with E-state index in [1.165, 1.54) is 30.3 Å². The van der Waals surface area contributed by atoms with Crippen LogP contribution < -0.4 is 14.2 Å². The molecule has 0 amide bonds. The SMILES string of the molecule is O=C(Oc1cccc(C(F)(F)F)c1)c1ccc2c(c1)OCO2. The maximum absolute atomic E-state index is 12.6. The van der Waals surface area contributed by atoms with Gasteiger partial charge in [0, 0.05) is 0 Å². The largest absolute Gasteiger partial charge is 0.454 e. The van der Waals surface area contributed by atoms with Gasteiger partial charge in [-0.25, -0.2) is 4.79 Å². The maximum Gasteiger partial charge on any atom is 0.416 e. The van der Waals surface area contributed by atoms with Gasteiger partial charge in [0.25, 0.3) is 0 Å². The lowest BCUT2D eigenvalue weighted by atomic mass is 10.2. The topological polar surface area (TPSA) is 44.8 Å². The van der Waals surface area contributed by atoms with Gasteiger partial charge in [0.1, 0.15) is 5.75 Å². The van der Waals surface area contributed by atoms with Crippen molar-refractivity contribution in [2.75, 3.05) is 6.79 Å². The second-order valence-corrected chi connectivity index (χ2v) is 4.48. The molecule has 0 aromatic heterocycles. The molecular weight excluding hydrogens is 301 g/mol. The Morgan fingerprint density at radius 3 is 2.59 bits per heavy atom. The minimum atomic E-state index is -4.50. The average Bonchev–Trinajstić information content (AvgIpc) is 2.94. The normalized spacial score (nSPS) is 13.0. The summed E-state index contributed by atoms with van der Waals surface area (Å²) in [5.74, 6) is -0.0794. The van der Waals surface area contributed by atoms with Crippen molar-refractivity contribution in [1.29, 1.82) is 0 Å². The third-order valence-corrected chi connectivity index (χ3v) is 2.98. The quantitative estimate of drug-likeness (QED) is 0.627. The van der Waals surface area contributed by atoms with Crippen LogP contribution in [-0.2, 0) is 6.18 Å². The van der Waals surface area contributed by atoms with Crippen molar-refractivity contribution < 1.29 is 32.2 Å². The van der Waals surface area contributed by atoms with Gasteiger partial charge in [-0.3, -0.25) is 0 Å². The van der Waals surface area contributed by atoms with E-state index in [4.69, 9.17) is 14.2 Å². The fraction of sp³-hybridized carbons (Fsp3) is 0.133. The van der Waals surface area contributed by atoms with E-state index in [2.05, 4.69) is 0 Å². The van der Waals surface area contributed by atoms with Gasteiger partial charge in [-0.15, -0.1) is 0 Å². The molecule has 0 bridgehead atoms. The summed E-state index contributed by atoms with van der Waals surface area (Å²) >= 11 is 0. The van der Waals surface area contributed by atoms with Crippen LogP contribution in [0.3, 0.4) is 0 Å². The number of esters is 1. The van der Waals surface area contributed by atoms with Crippen molar-refractivity contribution >= 4 is 5.97 Å². The van der Waals surface area contributed by atoms with Crippen LogP contribution in [0.1, 0.15) is 15.9 Å². The Morgan fingerprint density at radius 2 is 1.82 bits per heavy atom. The monoisotopic (exact) mass is 310 g/mol. The molecule has 0 saturated heterocycles. The highest BCUT2D eigenvalue weighted by molar-refractivity contribution is 5.91. The number of alkyl halides is 3. The van der Waals surface area contributed by atoms with E-state index in [1.54, 1.807) is 0 Å². The molecule has 0 spiro atoms. The van der Waals surface area contributed by atoms with E-state index in [9.17, 15) is 18.0 Å². The third-order valence-electron chi connectivity index (χ3n) is 2.98. The summed E-state index contributed by atoms with van der Waals surface area (Å²) in [5, 5.41) is 0. The number of benzene rings is 2. The fourth-order valence-electron chi connectivity index (χ4n) is 1.93. The molecule has 2 aromatic carbocycles. The van der Waals surface area contributed by atoms with Crippen LogP contribution >= 0.6 is 0 Å². The minimum Gasteiger partial charge on any atom is -0.454 e. The van der Waals surface area contributed by atoms with E-state index in [0.717, 1.165) is 12.1 Å². The summed E-state index contributed by atoms with van der Waals surface area (Å²) in [4.78, 5) is 12.0. The maximum atomic E-state index is 12.6. The lowest BCUT2D eigenvalue weighted by Crippen LogP contribution is -2.10. The van der Waals surface area contributed by atoms with Crippen LogP contribution in [0, 0.1) is 0 Å². The molecule has 4 nitrogen and oxygen atoms in total. The first-order valence-electron chi connectivity index (χ1n) is 6.22. The molecule has 0 saturated carbocycles. The Bertz CT molecular complexity index is 725. The Balaban J connectivity index is 1.80. The molecule has 3 rings (SSSR count). The molecule has 2 aromatic rings. The number of fused-ring (bicyclic) bond motifs is 1. The van der Waals surface area contributed by atoms with E-state index in [0.29, 0.717) is 11.5 Å². The number of carbonyl (C=O) groups is 1. The van der Waals surface area contributed by atoms with Gasteiger partial charge < -0.3 is 14.2 Å². The molecule has 0 fully saturated rings. The molecule has 0 unspecified atom stereocenters. The van der Waals surface area contributed by atoms with Crippen molar-refractivity contribution in [3.8, 4) is 17.2 Å². The van der Waals surface area contributed by atoms with Crippen LogP contribution in [0.25, 0.3) is 0 Å². The Kier molecular flexibility index (Phi) is 3.40. The second-order valence-electron chi connectivity index (χ2n) is 4.48. The summed E-state index contributed by atoms with van der Waals surface area (Å²) < 4.78 is 53.0. The highest BCUT2D eigenvalue weighted by Gasteiger charge is 2.30. The van der Waals surface area contributed by atoms with Crippen molar-refractivity contribution in [1.82, 2.24) is 0 Å². The molecule has 22 heavy (non-hydrogen) atoms. The standard InChI is InChI=1S/C15H9F3O4/c16-15(17,18)10-2-1-3-11(7-10)22-14(19)9-4-5-12-13(6-9)21-8-20-12/h1-7H,8H2. The third kappa shape index (κ3) is 2.83. The number of carbonyl (C=O) groups excluding carboxylic acids is 1. The molecule has 7 heteroatoms. The number of hydrogen-bond donors (Lipinski definition) is 0. The summed E-state index contributed by atoms with van der Waals surface area (Å²) in [6.07, 6.45) is -4.50. The number of rotatable bonds is 2. The predicted molar refractivity (Wildman–Crippen MR) is 69.0 cm³/mol. The first-order valence-corrected chi connectivity index (χ1v) is 6.22. The summed E-state index contributed by atoms with van der Waals surface area (Å²) in [6.45, 7) is 0.0570. The first kappa shape index (κ1) is 14.2. The van der Waals surface area contributed by atoms with Gasteiger partial charge in [0.15, 0.2) is 11.5 Å². The minimum absolute atomic E-state index is 0.0570. The van der Waals surface area contributed by atoms with Crippen molar-refractivity contribution in [3.63, 3.8) is 0 Å². The lowest BCUT2D eigenvalue weighted by molar-refractivity contribution is -0.137. The zero-order valence-corrected chi connectivity index (χ0v) is 11.0. The molecule has 0 N–H and O–H groups in total. The van der Waals surface area contributed by atoms with Crippen LogP contribution in [0.2, 0.25) is 0 Å². The molecule has 1 heterocycles. The van der Waals surface area contributed by atoms with Crippen LogP contribution in [0.4, 0.5) is 13.2 Å². The van der Waals surface area contributed by atoms with Gasteiger partial charge in [0.05, 0.1) is 11.1 Å². The van der Waals surface area contributed by atoms with E-state index >= 15 is 0 Å². The Hall–Kier alpha value is -2.70. The molecule has 1 aliphatic rings. The Labute approximate surface area is 123 Å². The highest BCUT2D eigenvalue weighted by atomic mass is 19.4. The summed E-state index contributed by atoms with van der Waals surface area (Å²) in [6, 6.07) is 8.51. The van der Waals surface area contributed by atoms with E-state index < -0.39 is 17.7 Å². The van der Waals surface area contributed by atoms with Gasteiger partial charge in [-0.2, -0.15) is 13.2 Å². The fourth-order valence-corrected chi connectivity index (χ4v) is 1.93. The highest BCUT2D eigenvalue weighted by Crippen LogP contribution is 2.34. The van der Waals surface area contributed by atoms with Crippen molar-refractivity contribution in [2.45, 2.75) is 6.18 Å². The lowest BCUT2D eigenvalue weighted by Gasteiger charge is -2.09. The number of ether oxygens (including phenoxy) is 3. The van der Waals surface area contributed by atoms with Gasteiger partial charge in [-0.1, -0.05) is 6.07 Å². The van der Waals surface area contributed by atoms with E-state index in [-0.39, 0.29) is 18.1 Å². The number of halogens is 3. The summed E-state index contributed by atoms with van der Waals surface area (Å²) in [7, 11) is 0. The van der Waals surface area contributed by atoms with Gasteiger partial charge in [-0.05, 0) is 36.4 Å². The predicted octanol–water partition coefficient (Wildman–Crippen LogP) is 3.65. The zero-order valence-electron chi connectivity index (χ0n) is 11.0. The second kappa shape index (κ2) is 5.25. The number of hydrogen-bond acceptors (Lipinski definition) is 4. The van der Waals surface area contributed by atoms with E-state index in [1.807, 2.05) is 0 Å². The van der Waals surface area contributed by atoms with Crippen LogP contribution in [0.15, 0.2) is 42.5 Å². The Morgan fingerprint density at radius 1 is 1.05 bits per heavy atom. The van der Waals surface area contributed by atoms with Gasteiger partial charge in [0.2, 0.25) is 6.79 Å². The smallest absolute Gasteiger partial charge is 0.416 e. The van der Waals surface area contributed by atoms with Crippen LogP contribution in [0.5, 0.6) is 17.2 Å². The summed E-state index contributed by atoms with van der Waals surface area (Å²) in [5.41, 5.74) is -0.731. The van der Waals surface area contributed by atoms with Crippen molar-refractivity contribution in [3.05, 3.63) is 53.6 Å². The average molecular weight is 310 g/mol. The van der Waals surface area contributed by atoms with Crippen LogP contribution in [-0.4, -0.2) is 12.8 Å². The molecule has 114 valence electrons. The molecule has 0 aliphatic carbocycles. The van der Waals surface area contributed by atoms with Gasteiger partial charge >= 0.3 is 12.1 Å². The molecule has 0 radical (unpaired) electrons. The molecular formula is C15H9F3O4. The first-order chi connectivity index (χ1) is 10.4. The zero-order chi connectivity index (χ0) is 15.7. The molecule has 1 aliphatic heterocycles.